The van der Waals surface area contributed by atoms with Gasteiger partial charge in [0.15, 0.2) is 5.96 Å². The molecule has 0 saturated heterocycles. The molecule has 1 aromatic rings. The molecule has 0 spiro atoms. The lowest BCUT2D eigenvalue weighted by Crippen LogP contribution is -2.45. The standard InChI is InChI=1S/C18H29N3OS/c1-3-19-18(21-15-6-8-16(22)9-7-15)20-12-13-23-17-10-4-14(2)5-11-17/h4-5,10-11,15-16,22H,3,6-9,12-13H2,1-2H3,(H2,19,20,21). The molecule has 128 valence electrons. The Morgan fingerprint density at radius 2 is 1.91 bits per heavy atom. The molecule has 1 fully saturated rings. The van der Waals surface area contributed by atoms with E-state index in [1.165, 1.54) is 10.5 Å². The van der Waals surface area contributed by atoms with Crippen molar-refractivity contribution in [2.24, 2.45) is 4.99 Å². The third-order valence-electron chi connectivity index (χ3n) is 4.03. The second kappa shape index (κ2) is 9.83. The van der Waals surface area contributed by atoms with Crippen LogP contribution in [0.3, 0.4) is 0 Å². The first-order valence-electron chi connectivity index (χ1n) is 8.59. The summed E-state index contributed by atoms with van der Waals surface area (Å²) in [7, 11) is 0. The fourth-order valence-corrected chi connectivity index (χ4v) is 3.44. The SMILES string of the molecule is CCNC(=NCCSc1ccc(C)cc1)NC1CCC(O)CC1. The minimum atomic E-state index is -0.113. The fraction of sp³-hybridized carbons (Fsp3) is 0.611. The number of hydrogen-bond acceptors (Lipinski definition) is 3. The van der Waals surface area contributed by atoms with Crippen molar-refractivity contribution >= 4 is 17.7 Å². The van der Waals surface area contributed by atoms with Gasteiger partial charge >= 0.3 is 0 Å². The summed E-state index contributed by atoms with van der Waals surface area (Å²) in [6.07, 6.45) is 3.70. The number of aliphatic hydroxyl groups is 1. The summed E-state index contributed by atoms with van der Waals surface area (Å²) in [4.78, 5) is 5.97. The molecule has 5 heteroatoms. The zero-order valence-electron chi connectivity index (χ0n) is 14.2. The normalized spacial score (nSPS) is 22.0. The number of rotatable bonds is 6. The van der Waals surface area contributed by atoms with Gasteiger partial charge in [-0.25, -0.2) is 0 Å². The van der Waals surface area contributed by atoms with Gasteiger partial charge in [0, 0.05) is 23.2 Å². The van der Waals surface area contributed by atoms with Gasteiger partial charge in [-0.1, -0.05) is 17.7 Å². The smallest absolute Gasteiger partial charge is 0.191 e. The highest BCUT2D eigenvalue weighted by molar-refractivity contribution is 7.99. The maximum atomic E-state index is 9.59. The Bertz CT molecular complexity index is 482. The van der Waals surface area contributed by atoms with Gasteiger partial charge in [0.05, 0.1) is 12.6 Å². The Labute approximate surface area is 144 Å². The zero-order valence-corrected chi connectivity index (χ0v) is 15.0. The molecule has 0 atom stereocenters. The Balaban J connectivity index is 1.75. The van der Waals surface area contributed by atoms with E-state index in [0.717, 1.165) is 50.5 Å². The van der Waals surface area contributed by atoms with Crippen molar-refractivity contribution in [2.45, 2.75) is 56.6 Å². The van der Waals surface area contributed by atoms with Gasteiger partial charge in [0.1, 0.15) is 0 Å². The number of hydrogen-bond donors (Lipinski definition) is 3. The molecule has 0 aromatic heterocycles. The van der Waals surface area contributed by atoms with Gasteiger partial charge in [-0.05, 0) is 51.7 Å². The van der Waals surface area contributed by atoms with E-state index in [2.05, 4.69) is 53.7 Å². The lowest BCUT2D eigenvalue weighted by atomic mass is 9.93. The zero-order chi connectivity index (χ0) is 16.5. The summed E-state index contributed by atoms with van der Waals surface area (Å²) in [5.41, 5.74) is 1.30. The molecule has 0 heterocycles. The predicted octanol–water partition coefficient (Wildman–Crippen LogP) is 2.95. The predicted molar refractivity (Wildman–Crippen MR) is 99.3 cm³/mol. The van der Waals surface area contributed by atoms with Gasteiger partial charge in [-0.3, -0.25) is 4.99 Å². The van der Waals surface area contributed by atoms with Crippen LogP contribution in [-0.4, -0.2) is 42.1 Å². The van der Waals surface area contributed by atoms with Crippen molar-refractivity contribution in [1.82, 2.24) is 10.6 Å². The Morgan fingerprint density at radius 3 is 2.57 bits per heavy atom. The number of nitrogens with one attached hydrogen (secondary N) is 2. The number of aliphatic imine (C=N–C) groups is 1. The van der Waals surface area contributed by atoms with E-state index >= 15 is 0 Å². The molecular weight excluding hydrogens is 306 g/mol. The minimum Gasteiger partial charge on any atom is -0.393 e. The van der Waals surface area contributed by atoms with Crippen LogP contribution in [0, 0.1) is 6.92 Å². The summed E-state index contributed by atoms with van der Waals surface area (Å²) in [6.45, 7) is 5.86. The average Bonchev–Trinajstić information content (AvgIpc) is 2.55. The summed E-state index contributed by atoms with van der Waals surface area (Å²) in [5.74, 6) is 1.88. The third kappa shape index (κ3) is 6.83. The highest BCUT2D eigenvalue weighted by Gasteiger charge is 2.19. The van der Waals surface area contributed by atoms with Crippen LogP contribution >= 0.6 is 11.8 Å². The second-order valence-electron chi connectivity index (χ2n) is 6.07. The molecule has 23 heavy (non-hydrogen) atoms. The van der Waals surface area contributed by atoms with E-state index in [9.17, 15) is 5.11 Å². The van der Waals surface area contributed by atoms with Crippen molar-refractivity contribution in [1.29, 1.82) is 0 Å². The highest BCUT2D eigenvalue weighted by atomic mass is 32.2. The molecule has 0 amide bonds. The second-order valence-corrected chi connectivity index (χ2v) is 7.24. The maximum Gasteiger partial charge on any atom is 0.191 e. The van der Waals surface area contributed by atoms with E-state index in [1.807, 2.05) is 11.8 Å². The van der Waals surface area contributed by atoms with Gasteiger partial charge < -0.3 is 15.7 Å². The van der Waals surface area contributed by atoms with Crippen molar-refractivity contribution in [3.8, 4) is 0 Å². The Morgan fingerprint density at radius 1 is 1.22 bits per heavy atom. The van der Waals surface area contributed by atoms with Crippen molar-refractivity contribution < 1.29 is 5.11 Å². The van der Waals surface area contributed by atoms with E-state index in [-0.39, 0.29) is 6.10 Å². The average molecular weight is 336 g/mol. The van der Waals surface area contributed by atoms with Crippen molar-refractivity contribution in [3.05, 3.63) is 29.8 Å². The van der Waals surface area contributed by atoms with Crippen molar-refractivity contribution in [2.75, 3.05) is 18.8 Å². The van der Waals surface area contributed by atoms with Crippen LogP contribution in [-0.2, 0) is 0 Å². The van der Waals surface area contributed by atoms with Crippen LogP contribution in [0.25, 0.3) is 0 Å². The molecule has 4 nitrogen and oxygen atoms in total. The van der Waals surface area contributed by atoms with E-state index in [0.29, 0.717) is 6.04 Å². The van der Waals surface area contributed by atoms with Gasteiger partial charge in [-0.15, -0.1) is 11.8 Å². The van der Waals surface area contributed by atoms with Crippen LogP contribution in [0.15, 0.2) is 34.2 Å². The number of aliphatic hydroxyl groups excluding tert-OH is 1. The lowest BCUT2D eigenvalue weighted by Gasteiger charge is -2.27. The number of aryl methyl sites for hydroxylation is 1. The Hall–Kier alpha value is -1.20. The molecule has 0 unspecified atom stereocenters. The molecule has 0 aliphatic heterocycles. The quantitative estimate of drug-likeness (QED) is 0.324. The van der Waals surface area contributed by atoms with Crippen LogP contribution in [0.4, 0.5) is 0 Å². The molecule has 1 aliphatic rings. The maximum absolute atomic E-state index is 9.59. The molecule has 1 aliphatic carbocycles. The summed E-state index contributed by atoms with van der Waals surface area (Å²) in [6, 6.07) is 9.06. The Kier molecular flexibility index (Phi) is 7.76. The van der Waals surface area contributed by atoms with E-state index < -0.39 is 0 Å². The fourth-order valence-electron chi connectivity index (χ4n) is 2.69. The molecular formula is C18H29N3OS. The van der Waals surface area contributed by atoms with E-state index in [4.69, 9.17) is 0 Å². The monoisotopic (exact) mass is 335 g/mol. The first kappa shape index (κ1) is 18.1. The third-order valence-corrected chi connectivity index (χ3v) is 5.02. The number of benzene rings is 1. The van der Waals surface area contributed by atoms with Gasteiger partial charge in [-0.2, -0.15) is 0 Å². The number of thioether (sulfide) groups is 1. The van der Waals surface area contributed by atoms with E-state index in [1.54, 1.807) is 0 Å². The summed E-state index contributed by atoms with van der Waals surface area (Å²) in [5, 5.41) is 16.4. The van der Waals surface area contributed by atoms with Gasteiger partial charge in [0.2, 0.25) is 0 Å². The van der Waals surface area contributed by atoms with Crippen LogP contribution < -0.4 is 10.6 Å². The van der Waals surface area contributed by atoms with Crippen LogP contribution in [0.5, 0.6) is 0 Å². The first-order valence-corrected chi connectivity index (χ1v) is 9.58. The van der Waals surface area contributed by atoms with Gasteiger partial charge in [0.25, 0.3) is 0 Å². The molecule has 1 aromatic carbocycles. The summed E-state index contributed by atoms with van der Waals surface area (Å²) < 4.78 is 0. The van der Waals surface area contributed by atoms with Crippen molar-refractivity contribution in [3.63, 3.8) is 0 Å². The van der Waals surface area contributed by atoms with Crippen LogP contribution in [0.1, 0.15) is 38.2 Å². The minimum absolute atomic E-state index is 0.113. The largest absolute Gasteiger partial charge is 0.393 e. The topological polar surface area (TPSA) is 56.7 Å². The highest BCUT2D eigenvalue weighted by Crippen LogP contribution is 2.19. The number of nitrogens with zero attached hydrogens (tertiary/aromatic N) is 1. The molecule has 1 saturated carbocycles. The lowest BCUT2D eigenvalue weighted by molar-refractivity contribution is 0.120. The number of guanidine groups is 1. The molecule has 2 rings (SSSR count). The van der Waals surface area contributed by atoms with Crippen LogP contribution in [0.2, 0.25) is 0 Å². The molecule has 0 bridgehead atoms. The molecule has 0 radical (unpaired) electrons. The summed E-state index contributed by atoms with van der Waals surface area (Å²) >= 11 is 1.84. The first-order chi connectivity index (χ1) is 11.2. The molecule has 3 N–H and O–H groups in total.